The molecular weight excluding hydrogens is 188 g/mol. The summed E-state index contributed by atoms with van der Waals surface area (Å²) >= 11 is 0. The van der Waals surface area contributed by atoms with Gasteiger partial charge in [-0.1, -0.05) is 24.3 Å². The zero-order valence-electron chi connectivity index (χ0n) is 9.20. The highest BCUT2D eigenvalue weighted by atomic mass is 16.5. The number of benzene rings is 1. The minimum absolute atomic E-state index is 0.393. The van der Waals surface area contributed by atoms with E-state index in [1.54, 1.807) is 7.11 Å². The van der Waals surface area contributed by atoms with Crippen LogP contribution in [0.25, 0.3) is 0 Å². The van der Waals surface area contributed by atoms with Crippen LogP contribution >= 0.6 is 0 Å². The van der Waals surface area contributed by atoms with Gasteiger partial charge >= 0.3 is 0 Å². The maximum Gasteiger partial charge on any atom is 0.113 e. The van der Waals surface area contributed by atoms with Gasteiger partial charge in [0.05, 0.1) is 6.61 Å². The van der Waals surface area contributed by atoms with Crippen LogP contribution in [0, 0.1) is 0 Å². The highest BCUT2D eigenvalue weighted by Crippen LogP contribution is 2.34. The Balaban J connectivity index is 2.40. The van der Waals surface area contributed by atoms with E-state index in [0.29, 0.717) is 6.61 Å². The maximum atomic E-state index is 10.6. The molecule has 0 amide bonds. The third-order valence-corrected chi connectivity index (χ3v) is 3.19. The van der Waals surface area contributed by atoms with Crippen LogP contribution in [0.1, 0.15) is 30.4 Å². The van der Waals surface area contributed by atoms with Crippen LogP contribution < -0.4 is 0 Å². The molecule has 0 radical (unpaired) electrons. The van der Waals surface area contributed by atoms with Gasteiger partial charge in [-0.15, -0.1) is 0 Å². The second-order valence-electron chi connectivity index (χ2n) is 4.33. The second kappa shape index (κ2) is 4.33. The van der Waals surface area contributed by atoms with Crippen molar-refractivity contribution in [1.82, 2.24) is 0 Å². The first-order chi connectivity index (χ1) is 7.26. The van der Waals surface area contributed by atoms with E-state index < -0.39 is 5.60 Å². The molecule has 1 aromatic rings. The highest BCUT2D eigenvalue weighted by molar-refractivity contribution is 5.33. The van der Waals surface area contributed by atoms with Crippen molar-refractivity contribution in [3.63, 3.8) is 0 Å². The molecule has 2 heteroatoms. The van der Waals surface area contributed by atoms with Crippen molar-refractivity contribution >= 4 is 0 Å². The maximum absolute atomic E-state index is 10.6. The minimum Gasteiger partial charge on any atom is -0.383 e. The van der Waals surface area contributed by atoms with Crippen LogP contribution in [0.15, 0.2) is 24.3 Å². The van der Waals surface area contributed by atoms with Crippen LogP contribution in [0.3, 0.4) is 0 Å². The summed E-state index contributed by atoms with van der Waals surface area (Å²) in [5.41, 5.74) is 1.56. The van der Waals surface area contributed by atoms with Crippen LogP contribution in [0.5, 0.6) is 0 Å². The Morgan fingerprint density at radius 1 is 1.33 bits per heavy atom. The van der Waals surface area contributed by atoms with Gasteiger partial charge in [0.2, 0.25) is 0 Å². The monoisotopic (exact) mass is 206 g/mol. The zero-order chi connectivity index (χ0) is 10.7. The standard InChI is InChI=1S/C13H18O2/c1-15-10-13(14)9-5-4-7-11-6-2-3-8-12(11)13/h2-3,6,8,14H,4-5,7,9-10H2,1H3. The smallest absolute Gasteiger partial charge is 0.113 e. The lowest BCUT2D eigenvalue weighted by Gasteiger charge is -2.28. The fraction of sp³-hybridized carbons (Fsp3) is 0.538. The van der Waals surface area contributed by atoms with Crippen LogP contribution in [0.4, 0.5) is 0 Å². The lowest BCUT2D eigenvalue weighted by Crippen LogP contribution is -2.31. The average molecular weight is 206 g/mol. The highest BCUT2D eigenvalue weighted by Gasteiger charge is 2.32. The molecule has 0 saturated carbocycles. The molecule has 1 atom stereocenters. The normalized spacial score (nSPS) is 25.7. The van der Waals surface area contributed by atoms with E-state index in [0.717, 1.165) is 31.2 Å². The van der Waals surface area contributed by atoms with Gasteiger partial charge in [0.15, 0.2) is 0 Å². The summed E-state index contributed by atoms with van der Waals surface area (Å²) in [6.45, 7) is 0.393. The SMILES string of the molecule is COCC1(O)CCCCc2ccccc21. The van der Waals surface area contributed by atoms with E-state index in [9.17, 15) is 5.11 Å². The van der Waals surface area contributed by atoms with Crippen LogP contribution in [0.2, 0.25) is 0 Å². The number of rotatable bonds is 2. The Bertz CT molecular complexity index is 335. The largest absolute Gasteiger partial charge is 0.383 e. The Morgan fingerprint density at radius 3 is 2.93 bits per heavy atom. The van der Waals surface area contributed by atoms with Gasteiger partial charge < -0.3 is 9.84 Å². The van der Waals surface area contributed by atoms with Crippen molar-refractivity contribution in [1.29, 1.82) is 0 Å². The molecular formula is C13H18O2. The molecule has 0 aliphatic heterocycles. The van der Waals surface area contributed by atoms with Crippen molar-refractivity contribution in [3.05, 3.63) is 35.4 Å². The lowest BCUT2D eigenvalue weighted by molar-refractivity contribution is -0.0423. The molecule has 2 rings (SSSR count). The molecule has 0 saturated heterocycles. The molecule has 1 aromatic carbocycles. The van der Waals surface area contributed by atoms with Gasteiger partial charge in [0, 0.05) is 7.11 Å². The fourth-order valence-electron chi connectivity index (χ4n) is 2.45. The van der Waals surface area contributed by atoms with Crippen molar-refractivity contribution in [3.8, 4) is 0 Å². The first-order valence-electron chi connectivity index (χ1n) is 5.56. The summed E-state index contributed by atoms with van der Waals surface area (Å²) < 4.78 is 5.15. The summed E-state index contributed by atoms with van der Waals surface area (Å²) in [6, 6.07) is 8.17. The number of hydrogen-bond donors (Lipinski definition) is 1. The molecule has 1 unspecified atom stereocenters. The van der Waals surface area contributed by atoms with Gasteiger partial charge in [-0.05, 0) is 36.8 Å². The summed E-state index contributed by atoms with van der Waals surface area (Å²) in [6.07, 6.45) is 4.09. The first kappa shape index (κ1) is 10.7. The second-order valence-corrected chi connectivity index (χ2v) is 4.33. The Hall–Kier alpha value is -0.860. The Kier molecular flexibility index (Phi) is 3.08. The molecule has 1 aliphatic carbocycles. The van der Waals surface area contributed by atoms with Crippen molar-refractivity contribution in [2.75, 3.05) is 13.7 Å². The molecule has 1 N–H and O–H groups in total. The molecule has 0 heterocycles. The minimum atomic E-state index is -0.776. The number of aliphatic hydroxyl groups is 1. The summed E-state index contributed by atoms with van der Waals surface area (Å²) in [5.74, 6) is 0. The fourth-order valence-corrected chi connectivity index (χ4v) is 2.45. The van der Waals surface area contributed by atoms with Crippen molar-refractivity contribution in [2.24, 2.45) is 0 Å². The predicted octanol–water partition coefficient (Wildman–Crippen LogP) is 2.25. The van der Waals surface area contributed by atoms with Gasteiger partial charge in [-0.25, -0.2) is 0 Å². The molecule has 2 nitrogen and oxygen atoms in total. The van der Waals surface area contributed by atoms with Gasteiger partial charge in [-0.3, -0.25) is 0 Å². The topological polar surface area (TPSA) is 29.5 Å². The predicted molar refractivity (Wildman–Crippen MR) is 59.8 cm³/mol. The number of fused-ring (bicyclic) bond motifs is 1. The summed E-state index contributed by atoms with van der Waals surface area (Å²) in [7, 11) is 1.64. The Labute approximate surface area is 90.9 Å². The third-order valence-electron chi connectivity index (χ3n) is 3.19. The van der Waals surface area contributed by atoms with Gasteiger partial charge in [0.25, 0.3) is 0 Å². The zero-order valence-corrected chi connectivity index (χ0v) is 9.20. The number of methoxy groups -OCH3 is 1. The first-order valence-corrected chi connectivity index (χ1v) is 5.56. The molecule has 0 bridgehead atoms. The van der Waals surface area contributed by atoms with E-state index in [1.807, 2.05) is 18.2 Å². The van der Waals surface area contributed by atoms with Crippen LogP contribution in [-0.4, -0.2) is 18.8 Å². The quantitative estimate of drug-likeness (QED) is 0.752. The van der Waals surface area contributed by atoms with E-state index in [2.05, 4.69) is 6.07 Å². The summed E-state index contributed by atoms with van der Waals surface area (Å²) in [4.78, 5) is 0. The number of aryl methyl sites for hydroxylation is 1. The van der Waals surface area contributed by atoms with E-state index >= 15 is 0 Å². The molecule has 0 spiro atoms. The Morgan fingerprint density at radius 2 is 2.13 bits per heavy atom. The van der Waals surface area contributed by atoms with Gasteiger partial charge in [-0.2, -0.15) is 0 Å². The molecule has 82 valence electrons. The summed E-state index contributed by atoms with van der Waals surface area (Å²) in [5, 5.41) is 10.6. The molecule has 1 aliphatic rings. The van der Waals surface area contributed by atoms with E-state index in [-0.39, 0.29) is 0 Å². The molecule has 0 aromatic heterocycles. The van der Waals surface area contributed by atoms with Crippen LogP contribution in [-0.2, 0) is 16.8 Å². The van der Waals surface area contributed by atoms with E-state index in [1.165, 1.54) is 5.56 Å². The number of ether oxygens (including phenoxy) is 1. The average Bonchev–Trinajstić information content (AvgIpc) is 2.40. The van der Waals surface area contributed by atoms with Gasteiger partial charge in [0.1, 0.15) is 5.60 Å². The van der Waals surface area contributed by atoms with Crippen molar-refractivity contribution in [2.45, 2.75) is 31.3 Å². The number of hydrogen-bond acceptors (Lipinski definition) is 2. The van der Waals surface area contributed by atoms with E-state index in [4.69, 9.17) is 4.74 Å². The lowest BCUT2D eigenvalue weighted by atomic mass is 9.89. The molecule has 15 heavy (non-hydrogen) atoms. The molecule has 0 fully saturated rings. The van der Waals surface area contributed by atoms with Crippen molar-refractivity contribution < 1.29 is 9.84 Å². The third kappa shape index (κ3) is 2.06.